The minimum Gasteiger partial charge on any atom is -0.247 e. The molecule has 0 radical (unpaired) electrons. The van der Waals surface area contributed by atoms with E-state index in [1.165, 1.54) is 6.42 Å². The Bertz CT molecular complexity index is 60.8. The van der Waals surface area contributed by atoms with Crippen molar-refractivity contribution in [1.82, 2.24) is 0 Å². The first-order valence-corrected chi connectivity index (χ1v) is 3.45. The molecule has 1 aliphatic rings. The molecule has 0 aliphatic heterocycles. The summed E-state index contributed by atoms with van der Waals surface area (Å²) in [5.74, 6) is 0.337. The van der Waals surface area contributed by atoms with Crippen LogP contribution in [0.2, 0.25) is 0 Å². The van der Waals surface area contributed by atoms with Crippen molar-refractivity contribution in [3.8, 4) is 0 Å². The zero-order chi connectivity index (χ0) is 5.98. The van der Waals surface area contributed by atoms with E-state index in [4.69, 9.17) is 0 Å². The average Bonchev–Trinajstić information content (AvgIpc) is 1.77. The molecule has 1 saturated carbocycles. The van der Waals surface area contributed by atoms with Crippen LogP contribution < -0.4 is 0 Å². The molecule has 1 fully saturated rings. The molecule has 8 heavy (non-hydrogen) atoms. The molecule has 0 aromatic heterocycles. The smallest absolute Gasteiger partial charge is 0.103 e. The molecule has 0 aromatic rings. The van der Waals surface area contributed by atoms with Gasteiger partial charge in [0, 0.05) is 0 Å². The van der Waals surface area contributed by atoms with Crippen molar-refractivity contribution in [1.29, 1.82) is 0 Å². The molecule has 0 amide bonds. The Hall–Kier alpha value is -0.0700. The fraction of sp³-hybridized carbons (Fsp3) is 1.00. The van der Waals surface area contributed by atoms with Crippen LogP contribution in [0.1, 0.15) is 32.6 Å². The molecule has 0 N–H and O–H groups in total. The maximum absolute atomic E-state index is 12.6. The number of rotatable bonds is 0. The van der Waals surface area contributed by atoms with E-state index in [9.17, 15) is 4.39 Å². The van der Waals surface area contributed by atoms with Crippen molar-refractivity contribution < 1.29 is 4.39 Å². The second-order valence-corrected chi connectivity index (χ2v) is 2.78. The minimum absolute atomic E-state index is 0.337. The fourth-order valence-corrected chi connectivity index (χ4v) is 1.27. The number of hydrogen-bond acceptors (Lipinski definition) is 0. The Morgan fingerprint density at radius 3 is 2.25 bits per heavy atom. The van der Waals surface area contributed by atoms with Crippen molar-refractivity contribution in [2.75, 3.05) is 0 Å². The first kappa shape index (κ1) is 6.06. The first-order chi connectivity index (χ1) is 3.80. The van der Waals surface area contributed by atoms with Gasteiger partial charge in [0.25, 0.3) is 0 Å². The third-order valence-electron chi connectivity index (χ3n) is 2.01. The highest BCUT2D eigenvalue weighted by Gasteiger charge is 2.19. The highest BCUT2D eigenvalue weighted by atomic mass is 19.1. The molecule has 1 aliphatic carbocycles. The summed E-state index contributed by atoms with van der Waals surface area (Å²) in [5, 5.41) is 0. The third kappa shape index (κ3) is 1.21. The van der Waals surface area contributed by atoms with Crippen molar-refractivity contribution >= 4 is 0 Å². The van der Waals surface area contributed by atoms with E-state index < -0.39 is 6.17 Å². The molecule has 2 atom stereocenters. The van der Waals surface area contributed by atoms with Gasteiger partial charge in [-0.2, -0.15) is 0 Å². The largest absolute Gasteiger partial charge is 0.247 e. The van der Waals surface area contributed by atoms with Gasteiger partial charge in [0.05, 0.1) is 0 Å². The fourth-order valence-electron chi connectivity index (χ4n) is 1.27. The Morgan fingerprint density at radius 2 is 1.88 bits per heavy atom. The second-order valence-electron chi connectivity index (χ2n) is 2.78. The standard InChI is InChI=1S/C7H13F/c1-6-4-2-3-5-7(6)8/h6-7H,2-5H2,1H3/t6-,7-/m0/s1. The van der Waals surface area contributed by atoms with Crippen LogP contribution in [0.15, 0.2) is 0 Å². The SMILES string of the molecule is C[C@H]1CCCC[C@@H]1F. The molecule has 1 heteroatoms. The van der Waals surface area contributed by atoms with E-state index >= 15 is 0 Å². The Kier molecular flexibility index (Phi) is 1.87. The van der Waals surface area contributed by atoms with Gasteiger partial charge in [-0.3, -0.25) is 0 Å². The van der Waals surface area contributed by atoms with Gasteiger partial charge in [-0.05, 0) is 18.8 Å². The van der Waals surface area contributed by atoms with E-state index in [0.717, 1.165) is 19.3 Å². The summed E-state index contributed by atoms with van der Waals surface area (Å²) in [6, 6.07) is 0. The lowest BCUT2D eigenvalue weighted by atomic mass is 9.89. The Balaban J connectivity index is 2.28. The van der Waals surface area contributed by atoms with Crippen LogP contribution in [-0.4, -0.2) is 6.17 Å². The average molecular weight is 116 g/mol. The van der Waals surface area contributed by atoms with Crippen molar-refractivity contribution in [3.05, 3.63) is 0 Å². The first-order valence-electron chi connectivity index (χ1n) is 3.45. The second kappa shape index (κ2) is 2.47. The summed E-state index contributed by atoms with van der Waals surface area (Å²) in [7, 11) is 0. The van der Waals surface area contributed by atoms with Gasteiger partial charge in [0.2, 0.25) is 0 Å². The molecule has 1 rings (SSSR count). The maximum Gasteiger partial charge on any atom is 0.103 e. The summed E-state index contributed by atoms with van der Waals surface area (Å²) in [6.07, 6.45) is 3.75. The van der Waals surface area contributed by atoms with Crippen LogP contribution >= 0.6 is 0 Å². The molecule has 0 saturated heterocycles. The van der Waals surface area contributed by atoms with Crippen LogP contribution in [0.3, 0.4) is 0 Å². The maximum atomic E-state index is 12.6. The molecular formula is C7H13F. The topological polar surface area (TPSA) is 0 Å². The van der Waals surface area contributed by atoms with E-state index in [2.05, 4.69) is 0 Å². The quantitative estimate of drug-likeness (QED) is 0.456. The summed E-state index contributed by atoms with van der Waals surface area (Å²) >= 11 is 0. The molecule has 0 bridgehead atoms. The highest BCUT2D eigenvalue weighted by molar-refractivity contribution is 4.70. The van der Waals surface area contributed by atoms with Crippen molar-refractivity contribution in [3.63, 3.8) is 0 Å². The van der Waals surface area contributed by atoms with Gasteiger partial charge in [-0.1, -0.05) is 19.8 Å². The van der Waals surface area contributed by atoms with E-state index in [-0.39, 0.29) is 0 Å². The molecule has 0 aromatic carbocycles. The summed E-state index contributed by atoms with van der Waals surface area (Å²) in [5.41, 5.74) is 0. The molecule has 0 heterocycles. The normalized spacial score (nSPS) is 39.8. The van der Waals surface area contributed by atoms with E-state index in [0.29, 0.717) is 5.92 Å². The van der Waals surface area contributed by atoms with Crippen LogP contribution in [0, 0.1) is 5.92 Å². The highest BCUT2D eigenvalue weighted by Crippen LogP contribution is 2.25. The summed E-state index contributed by atoms with van der Waals surface area (Å²) < 4.78 is 12.6. The zero-order valence-corrected chi connectivity index (χ0v) is 5.36. The predicted octanol–water partition coefficient (Wildman–Crippen LogP) is 2.53. The van der Waals surface area contributed by atoms with Crippen LogP contribution in [0.25, 0.3) is 0 Å². The van der Waals surface area contributed by atoms with Gasteiger partial charge in [-0.25, -0.2) is 4.39 Å². The van der Waals surface area contributed by atoms with Crippen LogP contribution in [-0.2, 0) is 0 Å². The molecule has 0 nitrogen and oxygen atoms in total. The Labute approximate surface area is 50.1 Å². The van der Waals surface area contributed by atoms with Crippen LogP contribution in [0.5, 0.6) is 0 Å². The van der Waals surface area contributed by atoms with Gasteiger partial charge in [0.1, 0.15) is 6.17 Å². The monoisotopic (exact) mass is 116 g/mol. The third-order valence-corrected chi connectivity index (χ3v) is 2.01. The Morgan fingerprint density at radius 1 is 1.25 bits per heavy atom. The number of alkyl halides is 1. The van der Waals surface area contributed by atoms with Gasteiger partial charge < -0.3 is 0 Å². The van der Waals surface area contributed by atoms with Crippen molar-refractivity contribution in [2.24, 2.45) is 5.92 Å². The predicted molar refractivity (Wildman–Crippen MR) is 32.5 cm³/mol. The molecular weight excluding hydrogens is 103 g/mol. The summed E-state index contributed by atoms with van der Waals surface area (Å²) in [6.45, 7) is 2.00. The van der Waals surface area contributed by atoms with Gasteiger partial charge in [0.15, 0.2) is 0 Å². The minimum atomic E-state index is -0.497. The van der Waals surface area contributed by atoms with E-state index in [1.807, 2.05) is 6.92 Å². The van der Waals surface area contributed by atoms with Gasteiger partial charge >= 0.3 is 0 Å². The summed E-state index contributed by atoms with van der Waals surface area (Å²) in [4.78, 5) is 0. The number of halogens is 1. The van der Waals surface area contributed by atoms with Gasteiger partial charge in [-0.15, -0.1) is 0 Å². The van der Waals surface area contributed by atoms with Crippen LogP contribution in [0.4, 0.5) is 4.39 Å². The lowest BCUT2D eigenvalue weighted by Crippen LogP contribution is -2.16. The molecule has 0 unspecified atom stereocenters. The zero-order valence-electron chi connectivity index (χ0n) is 5.36. The van der Waals surface area contributed by atoms with Crippen molar-refractivity contribution in [2.45, 2.75) is 38.8 Å². The molecule has 48 valence electrons. The lowest BCUT2D eigenvalue weighted by Gasteiger charge is -2.21. The molecule has 0 spiro atoms. The number of hydrogen-bond donors (Lipinski definition) is 0. The van der Waals surface area contributed by atoms with E-state index in [1.54, 1.807) is 0 Å². The lowest BCUT2D eigenvalue weighted by molar-refractivity contribution is 0.179.